The summed E-state index contributed by atoms with van der Waals surface area (Å²) in [5, 5.41) is 0. The van der Waals surface area contributed by atoms with Gasteiger partial charge in [0.05, 0.1) is 0 Å². The van der Waals surface area contributed by atoms with E-state index in [0.29, 0.717) is 6.42 Å². The Morgan fingerprint density at radius 1 is 1.23 bits per heavy atom. The van der Waals surface area contributed by atoms with Crippen LogP contribution in [0.5, 0.6) is 0 Å². The van der Waals surface area contributed by atoms with Crippen LogP contribution in [0.2, 0.25) is 0 Å². The number of carbonyl (C=O) groups is 2. The van der Waals surface area contributed by atoms with Gasteiger partial charge in [0, 0.05) is 0 Å². The van der Waals surface area contributed by atoms with Crippen molar-refractivity contribution in [3.8, 4) is 0 Å². The number of aldehydes is 1. The minimum atomic E-state index is -1.97. The molecule has 0 aromatic heterocycles. The number of halogens is 1. The van der Waals surface area contributed by atoms with Crippen LogP contribution in [0.15, 0.2) is 30.3 Å². The van der Waals surface area contributed by atoms with E-state index >= 15 is 0 Å². The van der Waals surface area contributed by atoms with Gasteiger partial charge in [0.1, 0.15) is 0 Å². The van der Waals surface area contributed by atoms with E-state index in [2.05, 4.69) is 19.1 Å². The maximum absolute atomic E-state index is 12.6. The van der Waals surface area contributed by atoms with Crippen molar-refractivity contribution in [3.05, 3.63) is 35.9 Å². The Labute approximate surface area is 141 Å². The number of hydrogen-bond donors (Lipinski definition) is 0. The van der Waals surface area contributed by atoms with Gasteiger partial charge in [-0.1, -0.05) is 0 Å². The summed E-state index contributed by atoms with van der Waals surface area (Å²) < 4.78 is 6.84. The summed E-state index contributed by atoms with van der Waals surface area (Å²) in [4.78, 5) is 23.1. The van der Waals surface area contributed by atoms with Gasteiger partial charge >= 0.3 is 141 Å². The van der Waals surface area contributed by atoms with E-state index in [1.807, 2.05) is 39.0 Å². The SMILES string of the molecule is C[C@@H](c1ccccc1)I(CCCCC=O)C(=O)OC(C)(C)C. The number of unbranched alkanes of at least 4 members (excludes halogenated alkanes) is 2. The zero-order chi connectivity index (χ0) is 16.6. The Balaban J connectivity index is 2.80. The monoisotopic (exact) mass is 418 g/mol. The van der Waals surface area contributed by atoms with Crippen LogP contribution in [0.25, 0.3) is 0 Å². The average Bonchev–Trinajstić information content (AvgIpc) is 2.45. The van der Waals surface area contributed by atoms with E-state index in [-0.39, 0.29) is 7.90 Å². The van der Waals surface area contributed by atoms with Crippen LogP contribution in [-0.4, -0.2) is 20.3 Å². The van der Waals surface area contributed by atoms with Gasteiger partial charge in [0.15, 0.2) is 0 Å². The van der Waals surface area contributed by atoms with E-state index in [4.69, 9.17) is 4.74 Å². The summed E-state index contributed by atoms with van der Waals surface area (Å²) in [7, 11) is 0. The van der Waals surface area contributed by atoms with Gasteiger partial charge < -0.3 is 0 Å². The van der Waals surface area contributed by atoms with Crippen LogP contribution in [0.1, 0.15) is 56.4 Å². The molecule has 0 fully saturated rings. The normalized spacial score (nSPS) is 13.4. The van der Waals surface area contributed by atoms with E-state index < -0.39 is 25.4 Å². The Hall–Kier alpha value is -0.910. The van der Waals surface area contributed by atoms with Crippen molar-refractivity contribution in [2.24, 2.45) is 0 Å². The van der Waals surface area contributed by atoms with E-state index in [1.54, 1.807) is 0 Å². The first-order valence-corrected chi connectivity index (χ1v) is 11.6. The van der Waals surface area contributed by atoms with Crippen molar-refractivity contribution in [2.75, 3.05) is 4.43 Å². The molecule has 1 aromatic rings. The van der Waals surface area contributed by atoms with E-state index in [0.717, 1.165) is 23.6 Å². The van der Waals surface area contributed by atoms with Crippen molar-refractivity contribution in [1.29, 1.82) is 0 Å². The standard InChI is InChI=1S/C18H27IO3/c1-15(16-11-7-5-8-12-16)19(13-9-6-10-14-20)17(21)22-18(2,3)4/h5,7-8,11-12,14-15H,6,9-10,13H2,1-4H3/t15-/m0/s1. The molecule has 1 aromatic carbocycles. The van der Waals surface area contributed by atoms with Crippen molar-refractivity contribution < 1.29 is 14.3 Å². The minimum absolute atomic E-state index is 0.0131. The first-order chi connectivity index (χ1) is 10.3. The molecule has 0 N–H and O–H groups in total. The molecular weight excluding hydrogens is 391 g/mol. The molecule has 0 heterocycles. The predicted molar refractivity (Wildman–Crippen MR) is 99.9 cm³/mol. The molecule has 0 amide bonds. The molecule has 0 aliphatic heterocycles. The molecule has 0 bridgehead atoms. The van der Waals surface area contributed by atoms with Gasteiger partial charge in [-0.25, -0.2) is 0 Å². The molecule has 0 aliphatic rings. The summed E-state index contributed by atoms with van der Waals surface area (Å²) in [5.41, 5.74) is 0.778. The molecule has 1 rings (SSSR count). The van der Waals surface area contributed by atoms with Crippen molar-refractivity contribution >= 4 is 30.1 Å². The molecule has 1 atom stereocenters. The summed E-state index contributed by atoms with van der Waals surface area (Å²) in [6.45, 7) is 7.89. The topological polar surface area (TPSA) is 43.4 Å². The Morgan fingerprint density at radius 3 is 2.41 bits per heavy atom. The van der Waals surface area contributed by atoms with Crippen LogP contribution >= 0.6 is 19.8 Å². The molecule has 4 heteroatoms. The summed E-state index contributed by atoms with van der Waals surface area (Å²) >= 11 is -1.97. The second kappa shape index (κ2) is 9.28. The van der Waals surface area contributed by atoms with Gasteiger partial charge in [-0.05, 0) is 0 Å². The predicted octanol–water partition coefficient (Wildman–Crippen LogP) is 5.56. The number of hydrogen-bond acceptors (Lipinski definition) is 3. The Morgan fingerprint density at radius 2 is 1.86 bits per heavy atom. The first kappa shape index (κ1) is 19.1. The van der Waals surface area contributed by atoms with Crippen molar-refractivity contribution in [1.82, 2.24) is 0 Å². The van der Waals surface area contributed by atoms with Crippen LogP contribution in [0.3, 0.4) is 0 Å². The first-order valence-electron chi connectivity index (χ1n) is 7.71. The summed E-state index contributed by atoms with van der Waals surface area (Å²) in [6.07, 6.45) is 3.33. The van der Waals surface area contributed by atoms with Crippen LogP contribution in [0.4, 0.5) is 4.79 Å². The van der Waals surface area contributed by atoms with Crippen molar-refractivity contribution in [3.63, 3.8) is 0 Å². The molecule has 0 unspecified atom stereocenters. The molecular formula is C18H27IO3. The molecule has 0 saturated heterocycles. The Kier molecular flexibility index (Phi) is 8.07. The van der Waals surface area contributed by atoms with Crippen LogP contribution in [0, 0.1) is 0 Å². The van der Waals surface area contributed by atoms with E-state index in [1.165, 1.54) is 5.56 Å². The third-order valence-corrected chi connectivity index (χ3v) is 9.40. The third-order valence-electron chi connectivity index (χ3n) is 3.15. The van der Waals surface area contributed by atoms with Gasteiger partial charge in [-0.3, -0.25) is 0 Å². The number of ether oxygens (including phenoxy) is 1. The van der Waals surface area contributed by atoms with Gasteiger partial charge in [0.25, 0.3) is 0 Å². The summed E-state index contributed by atoms with van der Waals surface area (Å²) in [6, 6.07) is 10.2. The van der Waals surface area contributed by atoms with Crippen LogP contribution < -0.4 is 0 Å². The van der Waals surface area contributed by atoms with Gasteiger partial charge in [-0.15, -0.1) is 0 Å². The zero-order valence-electron chi connectivity index (χ0n) is 14.0. The quantitative estimate of drug-likeness (QED) is 0.183. The fourth-order valence-corrected chi connectivity index (χ4v) is 7.73. The molecule has 124 valence electrons. The van der Waals surface area contributed by atoms with Gasteiger partial charge in [0.2, 0.25) is 0 Å². The molecule has 3 nitrogen and oxygen atoms in total. The van der Waals surface area contributed by atoms with Crippen LogP contribution in [-0.2, 0) is 9.53 Å². The average molecular weight is 418 g/mol. The fraction of sp³-hybridized carbons (Fsp3) is 0.556. The van der Waals surface area contributed by atoms with E-state index in [9.17, 15) is 9.59 Å². The van der Waals surface area contributed by atoms with Crippen molar-refractivity contribution in [2.45, 2.75) is 56.5 Å². The summed E-state index contributed by atoms with van der Waals surface area (Å²) in [5.74, 6) is 0. The third kappa shape index (κ3) is 6.90. The molecule has 0 saturated carbocycles. The maximum atomic E-state index is 12.6. The van der Waals surface area contributed by atoms with Gasteiger partial charge in [-0.2, -0.15) is 0 Å². The molecule has 0 aliphatic carbocycles. The number of carbonyl (C=O) groups excluding carboxylic acids is 2. The molecule has 22 heavy (non-hydrogen) atoms. The number of alkyl halides is 2. The molecule has 0 spiro atoms. The second-order valence-corrected chi connectivity index (χ2v) is 12.3. The molecule has 0 radical (unpaired) electrons. The zero-order valence-corrected chi connectivity index (χ0v) is 16.1. The second-order valence-electron chi connectivity index (χ2n) is 6.23. The number of rotatable bonds is 8. The number of benzene rings is 1. The Bertz CT molecular complexity index is 465. The fourth-order valence-electron chi connectivity index (χ4n) is 2.00.